The van der Waals surface area contributed by atoms with Crippen molar-refractivity contribution < 1.29 is 9.59 Å². The number of anilines is 3. The Morgan fingerprint density at radius 1 is 0.766 bits per heavy atom. The maximum atomic E-state index is 14.1. The molecule has 4 aromatic heterocycles. The largest absolute Gasteiger partial charge is 0.342 e. The summed E-state index contributed by atoms with van der Waals surface area (Å²) < 4.78 is 0.882. The first-order valence-electron chi connectivity index (χ1n) is 16.1. The minimum absolute atomic E-state index is 0.127. The summed E-state index contributed by atoms with van der Waals surface area (Å²) in [5, 5.41) is 19.2. The number of carbonyl (C=O) groups is 2. The van der Waals surface area contributed by atoms with Gasteiger partial charge in [0.1, 0.15) is 0 Å². The third kappa shape index (κ3) is 4.72. The minimum Gasteiger partial charge on any atom is -0.342 e. The third-order valence-corrected chi connectivity index (χ3v) is 10.5. The molecular formula is C36H37BrN8O2. The molecule has 2 aliphatic heterocycles. The van der Waals surface area contributed by atoms with Gasteiger partial charge < -0.3 is 5.32 Å². The van der Waals surface area contributed by atoms with Gasteiger partial charge in [-0.15, -0.1) is 0 Å². The molecule has 0 radical (unpaired) electrons. The summed E-state index contributed by atoms with van der Waals surface area (Å²) in [5.74, 6) is 1.11. The lowest BCUT2D eigenvalue weighted by molar-refractivity contribution is -0.119. The number of allylic oxidation sites excluding steroid dienone is 4. The molecule has 2 atom stereocenters. The standard InChI is InChI=1S/C36H37BrN8O2/c1-17-27-30(29-23(40-33(27)43-41-17)11-35(3,4)13-25(29)46)22-10-8-20(16-39-22)45-24-12-36(5,6)14-26(47)32(24)31(21-9-7-19(37)15-38-21)28-18(2)42-44-34(28)45/h7-10,15-16,30-31H,11-14H2,1-6H3,(H,42,44)(H2,40,41,43). The number of ketones is 2. The van der Waals surface area contributed by atoms with E-state index >= 15 is 0 Å². The van der Waals surface area contributed by atoms with Crippen LogP contribution in [0.5, 0.6) is 0 Å². The fourth-order valence-corrected chi connectivity index (χ4v) is 8.36. The van der Waals surface area contributed by atoms with Crippen LogP contribution in [0, 0.1) is 24.7 Å². The normalized spacial score (nSPS) is 22.8. The number of rotatable bonds is 3. The first-order chi connectivity index (χ1) is 22.3. The van der Waals surface area contributed by atoms with E-state index in [-0.39, 0.29) is 34.2 Å². The Balaban J connectivity index is 1.27. The number of halogens is 1. The van der Waals surface area contributed by atoms with Gasteiger partial charge in [-0.2, -0.15) is 10.2 Å². The highest BCUT2D eigenvalue weighted by atomic mass is 79.9. The molecule has 4 aromatic rings. The van der Waals surface area contributed by atoms with Gasteiger partial charge in [-0.1, -0.05) is 27.7 Å². The van der Waals surface area contributed by atoms with E-state index in [1.807, 2.05) is 44.3 Å². The molecule has 2 aliphatic carbocycles. The molecule has 4 aliphatic rings. The third-order valence-electron chi connectivity index (χ3n) is 10.1. The molecule has 0 saturated heterocycles. The van der Waals surface area contributed by atoms with Gasteiger partial charge in [0.15, 0.2) is 23.2 Å². The van der Waals surface area contributed by atoms with Crippen LogP contribution in [0.15, 0.2) is 63.7 Å². The summed E-state index contributed by atoms with van der Waals surface area (Å²) in [7, 11) is 0. The highest BCUT2D eigenvalue weighted by molar-refractivity contribution is 9.10. The predicted molar refractivity (Wildman–Crippen MR) is 182 cm³/mol. The number of fused-ring (bicyclic) bond motifs is 2. The van der Waals surface area contributed by atoms with Crippen LogP contribution >= 0.6 is 15.9 Å². The van der Waals surface area contributed by atoms with E-state index in [2.05, 4.69) is 69.1 Å². The molecule has 2 unspecified atom stereocenters. The van der Waals surface area contributed by atoms with Crippen LogP contribution in [0.25, 0.3) is 0 Å². The van der Waals surface area contributed by atoms with Gasteiger partial charge in [0.2, 0.25) is 0 Å². The first kappa shape index (κ1) is 30.0. The molecule has 0 saturated carbocycles. The lowest BCUT2D eigenvalue weighted by atomic mass is 9.69. The molecule has 240 valence electrons. The summed E-state index contributed by atoms with van der Waals surface area (Å²) in [5.41, 5.74) is 9.14. The van der Waals surface area contributed by atoms with E-state index in [1.54, 1.807) is 6.20 Å². The SMILES string of the molecule is Cc1[nH]nc2c1C(c1ccc(N3C4=C(C(=O)CC(C)(C)C4)C(c4ccc(Br)cn4)c4c3n[nH]c4C)cn1)C1=C(CC(C)(C)CC1=O)N2. The van der Waals surface area contributed by atoms with Crippen LogP contribution in [0.3, 0.4) is 0 Å². The monoisotopic (exact) mass is 692 g/mol. The van der Waals surface area contributed by atoms with Crippen molar-refractivity contribution in [3.05, 3.63) is 97.6 Å². The van der Waals surface area contributed by atoms with Gasteiger partial charge in [0, 0.05) is 68.6 Å². The molecule has 47 heavy (non-hydrogen) atoms. The van der Waals surface area contributed by atoms with Crippen LogP contribution in [0.4, 0.5) is 17.3 Å². The number of nitrogens with one attached hydrogen (secondary N) is 3. The highest BCUT2D eigenvalue weighted by Crippen LogP contribution is 2.54. The number of aromatic amines is 2. The van der Waals surface area contributed by atoms with E-state index in [1.165, 1.54) is 0 Å². The topological polar surface area (TPSA) is 133 Å². The average molecular weight is 694 g/mol. The second kappa shape index (κ2) is 10.3. The van der Waals surface area contributed by atoms with Crippen LogP contribution in [0.1, 0.15) is 99.1 Å². The van der Waals surface area contributed by atoms with Crippen molar-refractivity contribution in [3.63, 3.8) is 0 Å². The van der Waals surface area contributed by atoms with Crippen molar-refractivity contribution in [2.45, 2.75) is 79.1 Å². The van der Waals surface area contributed by atoms with Crippen molar-refractivity contribution in [3.8, 4) is 0 Å². The number of Topliss-reactive ketones (excluding diaryl/α,β-unsaturated/α-hetero) is 2. The van der Waals surface area contributed by atoms with E-state index in [9.17, 15) is 9.59 Å². The van der Waals surface area contributed by atoms with Gasteiger partial charge in [0.05, 0.1) is 35.1 Å². The maximum absolute atomic E-state index is 14.1. The molecule has 0 amide bonds. The molecule has 0 spiro atoms. The summed E-state index contributed by atoms with van der Waals surface area (Å²) in [6, 6.07) is 8.00. The van der Waals surface area contributed by atoms with Gasteiger partial charge in [-0.25, -0.2) is 0 Å². The van der Waals surface area contributed by atoms with Crippen molar-refractivity contribution in [2.75, 3.05) is 10.2 Å². The predicted octanol–water partition coefficient (Wildman–Crippen LogP) is 7.43. The van der Waals surface area contributed by atoms with E-state index < -0.39 is 0 Å². The Hall–Kier alpha value is -4.38. The number of nitrogens with zero attached hydrogens (tertiary/aromatic N) is 5. The Kier molecular flexibility index (Phi) is 6.58. The van der Waals surface area contributed by atoms with Crippen molar-refractivity contribution in [1.29, 1.82) is 0 Å². The van der Waals surface area contributed by atoms with Crippen molar-refractivity contribution in [2.24, 2.45) is 10.8 Å². The number of carbonyl (C=O) groups excluding carboxylic acids is 2. The zero-order valence-corrected chi connectivity index (χ0v) is 29.0. The van der Waals surface area contributed by atoms with Gasteiger partial charge >= 0.3 is 0 Å². The highest BCUT2D eigenvalue weighted by Gasteiger charge is 2.47. The van der Waals surface area contributed by atoms with Crippen LogP contribution < -0.4 is 10.2 Å². The quantitative estimate of drug-likeness (QED) is 0.202. The van der Waals surface area contributed by atoms with Crippen molar-refractivity contribution >= 4 is 44.8 Å². The molecule has 0 fully saturated rings. The van der Waals surface area contributed by atoms with Gasteiger partial charge in [-0.3, -0.25) is 34.7 Å². The number of hydrogen-bond acceptors (Lipinski definition) is 8. The number of pyridine rings is 2. The van der Waals surface area contributed by atoms with E-state index in [4.69, 9.17) is 15.1 Å². The van der Waals surface area contributed by atoms with Gasteiger partial charge in [-0.05, 0) is 77.7 Å². The first-order valence-corrected chi connectivity index (χ1v) is 16.9. The number of hydrogen-bond donors (Lipinski definition) is 3. The molecule has 0 bridgehead atoms. The van der Waals surface area contributed by atoms with E-state index in [0.717, 1.165) is 84.7 Å². The molecule has 3 N–H and O–H groups in total. The average Bonchev–Trinajstić information content (AvgIpc) is 3.56. The fourth-order valence-electron chi connectivity index (χ4n) is 8.13. The Morgan fingerprint density at radius 2 is 1.38 bits per heavy atom. The van der Waals surface area contributed by atoms with Crippen molar-refractivity contribution in [1.82, 2.24) is 30.4 Å². The Labute approximate surface area is 281 Å². The number of H-pyrrole nitrogens is 2. The Morgan fingerprint density at radius 3 is 2.06 bits per heavy atom. The zero-order valence-electron chi connectivity index (χ0n) is 27.4. The smallest absolute Gasteiger partial charge is 0.163 e. The van der Waals surface area contributed by atoms with Crippen LogP contribution in [-0.4, -0.2) is 41.9 Å². The minimum atomic E-state index is -0.333. The summed E-state index contributed by atoms with van der Waals surface area (Å²) >= 11 is 3.51. The molecule has 0 aromatic carbocycles. The number of aromatic nitrogens is 6. The zero-order chi connectivity index (χ0) is 33.0. The summed E-state index contributed by atoms with van der Waals surface area (Å²) in [4.78, 5) is 39.7. The molecular weight excluding hydrogens is 656 g/mol. The van der Waals surface area contributed by atoms with Crippen LogP contribution in [-0.2, 0) is 9.59 Å². The number of aryl methyl sites for hydroxylation is 2. The lowest BCUT2D eigenvalue weighted by Gasteiger charge is -2.43. The molecule has 6 heterocycles. The van der Waals surface area contributed by atoms with E-state index in [0.29, 0.717) is 19.3 Å². The maximum Gasteiger partial charge on any atom is 0.163 e. The second-order valence-corrected chi connectivity index (χ2v) is 15.9. The molecule has 11 heteroatoms. The Bertz CT molecular complexity index is 2050. The molecule has 8 rings (SSSR count). The van der Waals surface area contributed by atoms with Crippen LogP contribution in [0.2, 0.25) is 0 Å². The summed E-state index contributed by atoms with van der Waals surface area (Å²) in [6.45, 7) is 12.5. The van der Waals surface area contributed by atoms with Gasteiger partial charge in [0.25, 0.3) is 0 Å². The fraction of sp³-hybridized carbons (Fsp3) is 0.389. The second-order valence-electron chi connectivity index (χ2n) is 15.0. The summed E-state index contributed by atoms with van der Waals surface area (Å²) in [6.07, 6.45) is 6.04. The molecule has 10 nitrogen and oxygen atoms in total. The lowest BCUT2D eigenvalue weighted by Crippen LogP contribution is -2.38.